The van der Waals surface area contributed by atoms with Crippen LogP contribution >= 0.6 is 0 Å². The minimum Gasteiger partial charge on any atom is -0.495 e. The van der Waals surface area contributed by atoms with E-state index in [0.29, 0.717) is 16.9 Å². The quantitative estimate of drug-likeness (QED) is 0.669. The van der Waals surface area contributed by atoms with E-state index in [1.54, 1.807) is 12.1 Å². The second-order valence-corrected chi connectivity index (χ2v) is 3.04. The van der Waals surface area contributed by atoms with Crippen molar-refractivity contribution < 1.29 is 9.53 Å². The Labute approximate surface area is 82.9 Å². The number of carbonyl (C=O) groups excluding carboxylic acids is 1. The predicted octanol–water partition coefficient (Wildman–Crippen LogP) is 2.08. The van der Waals surface area contributed by atoms with Crippen molar-refractivity contribution in [1.82, 2.24) is 0 Å². The lowest BCUT2D eigenvalue weighted by Crippen LogP contribution is -1.98. The summed E-state index contributed by atoms with van der Waals surface area (Å²) in [6.45, 7) is 3.29. The summed E-state index contributed by atoms with van der Waals surface area (Å²) in [5.41, 5.74) is 1.74. The molecule has 72 valence electrons. The number of hydrogen-bond donors (Lipinski definition) is 0. The predicted molar refractivity (Wildman–Crippen MR) is 52.5 cm³/mol. The molecule has 0 radical (unpaired) electrons. The Bertz CT molecular complexity index is 416. The maximum Gasteiger partial charge on any atom is 0.159 e. The van der Waals surface area contributed by atoms with Gasteiger partial charge in [-0.15, -0.1) is 0 Å². The van der Waals surface area contributed by atoms with Crippen molar-refractivity contribution in [3.63, 3.8) is 0 Å². The second kappa shape index (κ2) is 3.93. The van der Waals surface area contributed by atoms with Crippen LogP contribution < -0.4 is 4.74 Å². The zero-order valence-corrected chi connectivity index (χ0v) is 8.42. The molecule has 0 aliphatic carbocycles. The maximum absolute atomic E-state index is 11.1. The highest BCUT2D eigenvalue weighted by Gasteiger charge is 2.10. The summed E-state index contributed by atoms with van der Waals surface area (Å²) in [7, 11) is 1.51. The van der Waals surface area contributed by atoms with Crippen LogP contribution in [0.4, 0.5) is 0 Å². The molecule has 0 aliphatic heterocycles. The van der Waals surface area contributed by atoms with Gasteiger partial charge in [0.25, 0.3) is 0 Å². The molecule has 0 atom stereocenters. The summed E-state index contributed by atoms with van der Waals surface area (Å²) < 4.78 is 5.07. The molecular formula is C11H11NO2. The number of methoxy groups -OCH3 is 1. The SMILES string of the molecule is COc1c(C)cc(C(C)=O)cc1C#N. The van der Waals surface area contributed by atoms with Gasteiger partial charge in [-0.3, -0.25) is 4.79 Å². The molecule has 0 aliphatic rings. The normalized spacial score (nSPS) is 9.29. The first-order chi connectivity index (χ1) is 6.60. The topological polar surface area (TPSA) is 50.1 Å². The van der Waals surface area contributed by atoms with Crippen molar-refractivity contribution >= 4 is 5.78 Å². The molecule has 0 N–H and O–H groups in total. The summed E-state index contributed by atoms with van der Waals surface area (Å²) in [6.07, 6.45) is 0. The number of rotatable bonds is 2. The van der Waals surface area contributed by atoms with Crippen LogP contribution in [0.2, 0.25) is 0 Å². The number of nitrogens with zero attached hydrogens (tertiary/aromatic N) is 1. The zero-order chi connectivity index (χ0) is 10.7. The van der Waals surface area contributed by atoms with Gasteiger partial charge >= 0.3 is 0 Å². The van der Waals surface area contributed by atoms with Crippen LogP contribution in [-0.4, -0.2) is 12.9 Å². The van der Waals surface area contributed by atoms with Gasteiger partial charge in [0.2, 0.25) is 0 Å². The lowest BCUT2D eigenvalue weighted by atomic mass is 10.0. The lowest BCUT2D eigenvalue weighted by Gasteiger charge is -2.07. The third-order valence-corrected chi connectivity index (χ3v) is 2.01. The van der Waals surface area contributed by atoms with E-state index in [9.17, 15) is 4.79 Å². The Hall–Kier alpha value is -1.82. The number of ether oxygens (including phenoxy) is 1. The molecule has 0 amide bonds. The number of nitriles is 1. The Morgan fingerprint density at radius 2 is 2.14 bits per heavy atom. The largest absolute Gasteiger partial charge is 0.495 e. The summed E-state index contributed by atoms with van der Waals surface area (Å²) in [4.78, 5) is 11.1. The third kappa shape index (κ3) is 1.74. The Kier molecular flexibility index (Phi) is 2.88. The average Bonchev–Trinajstić information content (AvgIpc) is 2.16. The van der Waals surface area contributed by atoms with Gasteiger partial charge < -0.3 is 4.74 Å². The molecular weight excluding hydrogens is 178 g/mol. The van der Waals surface area contributed by atoms with Crippen LogP contribution in [0.1, 0.15) is 28.4 Å². The monoisotopic (exact) mass is 189 g/mol. The van der Waals surface area contributed by atoms with E-state index >= 15 is 0 Å². The van der Waals surface area contributed by atoms with Crippen molar-refractivity contribution in [2.45, 2.75) is 13.8 Å². The molecule has 14 heavy (non-hydrogen) atoms. The van der Waals surface area contributed by atoms with Gasteiger partial charge in [-0.25, -0.2) is 0 Å². The fourth-order valence-electron chi connectivity index (χ4n) is 1.33. The molecule has 0 bridgehead atoms. The minimum atomic E-state index is -0.0488. The lowest BCUT2D eigenvalue weighted by molar-refractivity contribution is 0.101. The molecule has 1 aromatic carbocycles. The van der Waals surface area contributed by atoms with Gasteiger partial charge in [0, 0.05) is 5.56 Å². The molecule has 3 nitrogen and oxygen atoms in total. The average molecular weight is 189 g/mol. The molecule has 0 unspecified atom stereocenters. The molecule has 0 spiro atoms. The first kappa shape index (κ1) is 10.3. The molecule has 3 heteroatoms. The fourth-order valence-corrected chi connectivity index (χ4v) is 1.33. The van der Waals surface area contributed by atoms with Gasteiger partial charge in [0.05, 0.1) is 12.7 Å². The first-order valence-electron chi connectivity index (χ1n) is 4.19. The highest BCUT2D eigenvalue weighted by atomic mass is 16.5. The number of ketones is 1. The number of carbonyl (C=O) groups is 1. The molecule has 1 aromatic rings. The third-order valence-electron chi connectivity index (χ3n) is 2.01. The Morgan fingerprint density at radius 1 is 1.50 bits per heavy atom. The Morgan fingerprint density at radius 3 is 2.57 bits per heavy atom. The van der Waals surface area contributed by atoms with Gasteiger partial charge in [-0.1, -0.05) is 0 Å². The molecule has 0 aromatic heterocycles. The zero-order valence-electron chi connectivity index (χ0n) is 8.42. The summed E-state index contributed by atoms with van der Waals surface area (Å²) in [6, 6.07) is 5.28. The van der Waals surface area contributed by atoms with Crippen LogP contribution in [-0.2, 0) is 0 Å². The molecule has 1 rings (SSSR count). The van der Waals surface area contributed by atoms with E-state index in [4.69, 9.17) is 10.00 Å². The molecule has 0 saturated heterocycles. The van der Waals surface area contributed by atoms with Gasteiger partial charge in [-0.05, 0) is 31.5 Å². The fraction of sp³-hybridized carbons (Fsp3) is 0.273. The van der Waals surface area contributed by atoms with E-state index in [-0.39, 0.29) is 5.78 Å². The van der Waals surface area contributed by atoms with E-state index in [1.165, 1.54) is 14.0 Å². The number of benzene rings is 1. The van der Waals surface area contributed by atoms with Gasteiger partial charge in [0.1, 0.15) is 11.8 Å². The van der Waals surface area contributed by atoms with Crippen molar-refractivity contribution in [2.75, 3.05) is 7.11 Å². The van der Waals surface area contributed by atoms with E-state index in [1.807, 2.05) is 13.0 Å². The number of hydrogen-bond acceptors (Lipinski definition) is 3. The van der Waals surface area contributed by atoms with Crippen molar-refractivity contribution in [3.05, 3.63) is 28.8 Å². The summed E-state index contributed by atoms with van der Waals surface area (Å²) >= 11 is 0. The number of Topliss-reactive ketones (excluding diaryl/α,β-unsaturated/α-hetero) is 1. The Balaban J connectivity index is 3.41. The van der Waals surface area contributed by atoms with Gasteiger partial charge in [-0.2, -0.15) is 5.26 Å². The van der Waals surface area contributed by atoms with E-state index in [2.05, 4.69) is 0 Å². The van der Waals surface area contributed by atoms with Crippen LogP contribution in [0.25, 0.3) is 0 Å². The first-order valence-corrected chi connectivity index (χ1v) is 4.19. The van der Waals surface area contributed by atoms with Gasteiger partial charge in [0.15, 0.2) is 5.78 Å². The maximum atomic E-state index is 11.1. The van der Waals surface area contributed by atoms with Crippen molar-refractivity contribution in [1.29, 1.82) is 5.26 Å². The summed E-state index contributed by atoms with van der Waals surface area (Å²) in [5, 5.41) is 8.84. The van der Waals surface area contributed by atoms with Crippen LogP contribution in [0.5, 0.6) is 5.75 Å². The standard InChI is InChI=1S/C11H11NO2/c1-7-4-9(8(2)13)5-10(6-12)11(7)14-3/h4-5H,1-3H3. The summed E-state index contributed by atoms with van der Waals surface area (Å²) in [5.74, 6) is 0.491. The van der Waals surface area contributed by atoms with E-state index < -0.39 is 0 Å². The van der Waals surface area contributed by atoms with Crippen LogP contribution in [0, 0.1) is 18.3 Å². The second-order valence-electron chi connectivity index (χ2n) is 3.04. The van der Waals surface area contributed by atoms with Crippen molar-refractivity contribution in [2.24, 2.45) is 0 Å². The molecule has 0 fully saturated rings. The molecule has 0 saturated carbocycles. The van der Waals surface area contributed by atoms with Crippen LogP contribution in [0.15, 0.2) is 12.1 Å². The van der Waals surface area contributed by atoms with E-state index in [0.717, 1.165) is 5.56 Å². The highest BCUT2D eigenvalue weighted by Crippen LogP contribution is 2.24. The van der Waals surface area contributed by atoms with Crippen LogP contribution in [0.3, 0.4) is 0 Å². The highest BCUT2D eigenvalue weighted by molar-refractivity contribution is 5.95. The smallest absolute Gasteiger partial charge is 0.159 e. The van der Waals surface area contributed by atoms with Crippen molar-refractivity contribution in [3.8, 4) is 11.8 Å². The molecule has 0 heterocycles. The number of aryl methyl sites for hydroxylation is 1. The minimum absolute atomic E-state index is 0.0488.